The lowest BCUT2D eigenvalue weighted by Crippen LogP contribution is -2.02. The molecule has 1 rings (SSSR count). The van der Waals surface area contributed by atoms with Crippen molar-refractivity contribution in [3.63, 3.8) is 0 Å². The maximum Gasteiger partial charge on any atom is 0.179 e. The molecular formula is C13H16ClNO2. The molecule has 0 aromatic heterocycles. The maximum absolute atomic E-state index is 6.11. The summed E-state index contributed by atoms with van der Waals surface area (Å²) in [7, 11) is 1.57. The average molecular weight is 254 g/mol. The van der Waals surface area contributed by atoms with Crippen LogP contribution >= 0.6 is 11.6 Å². The van der Waals surface area contributed by atoms with Crippen LogP contribution in [0.5, 0.6) is 11.5 Å². The van der Waals surface area contributed by atoms with Crippen molar-refractivity contribution in [3.05, 3.63) is 22.7 Å². The predicted molar refractivity (Wildman–Crippen MR) is 69.5 cm³/mol. The first kappa shape index (κ1) is 13.7. The van der Waals surface area contributed by atoms with Crippen LogP contribution in [0.2, 0.25) is 5.02 Å². The van der Waals surface area contributed by atoms with E-state index in [9.17, 15) is 0 Å². The second-order valence-electron chi connectivity index (χ2n) is 3.34. The zero-order valence-electron chi connectivity index (χ0n) is 10.0. The van der Waals surface area contributed by atoms with Crippen molar-refractivity contribution in [1.29, 1.82) is 0 Å². The van der Waals surface area contributed by atoms with Gasteiger partial charge in [0.05, 0.1) is 18.7 Å². The zero-order valence-corrected chi connectivity index (χ0v) is 10.8. The molecule has 17 heavy (non-hydrogen) atoms. The van der Waals surface area contributed by atoms with Crippen molar-refractivity contribution in [2.75, 3.05) is 13.7 Å². The highest BCUT2D eigenvalue weighted by Gasteiger charge is 2.11. The number of ether oxygens (including phenoxy) is 2. The zero-order chi connectivity index (χ0) is 12.7. The topological polar surface area (TPSA) is 44.5 Å². The Morgan fingerprint density at radius 3 is 2.76 bits per heavy atom. The Labute approximate surface area is 107 Å². The molecule has 0 amide bonds. The van der Waals surface area contributed by atoms with Gasteiger partial charge in [0.15, 0.2) is 11.5 Å². The molecule has 0 saturated carbocycles. The molecule has 0 spiro atoms. The summed E-state index contributed by atoms with van der Waals surface area (Å²) in [6.45, 7) is 2.69. The number of methoxy groups -OCH3 is 1. The Balaban J connectivity index is 2.84. The minimum atomic E-state index is 0.414. The Morgan fingerprint density at radius 2 is 2.18 bits per heavy atom. The van der Waals surface area contributed by atoms with Gasteiger partial charge in [0, 0.05) is 13.0 Å². The van der Waals surface area contributed by atoms with Gasteiger partial charge < -0.3 is 15.2 Å². The Hall–Kier alpha value is -1.37. The van der Waals surface area contributed by atoms with Crippen LogP contribution in [0.15, 0.2) is 12.1 Å². The molecule has 0 aliphatic rings. The smallest absolute Gasteiger partial charge is 0.179 e. The van der Waals surface area contributed by atoms with Crippen LogP contribution in [0.1, 0.15) is 18.9 Å². The molecule has 3 nitrogen and oxygen atoms in total. The molecule has 92 valence electrons. The second kappa shape index (κ2) is 7.05. The Bertz CT molecular complexity index is 435. The molecule has 4 heteroatoms. The highest BCUT2D eigenvalue weighted by molar-refractivity contribution is 6.32. The Kier molecular flexibility index (Phi) is 5.68. The first-order chi connectivity index (χ1) is 8.22. The molecule has 0 saturated heterocycles. The standard InChI is InChI=1S/C13H16ClNO2/c1-3-4-5-6-17-13-11(14)7-10(9-15)8-12(13)16-2/h7-8H,5-6,9,15H2,1-2H3. The molecule has 0 radical (unpaired) electrons. The first-order valence-corrected chi connectivity index (χ1v) is 5.69. The quantitative estimate of drug-likeness (QED) is 0.648. The average Bonchev–Trinajstić information content (AvgIpc) is 2.35. The monoisotopic (exact) mass is 253 g/mol. The SMILES string of the molecule is CC#CCCOc1c(Cl)cc(CN)cc1OC. The summed E-state index contributed by atoms with van der Waals surface area (Å²) in [5, 5.41) is 0.509. The Morgan fingerprint density at radius 1 is 1.41 bits per heavy atom. The fraction of sp³-hybridized carbons (Fsp3) is 0.385. The lowest BCUT2D eigenvalue weighted by Gasteiger charge is -2.12. The summed E-state index contributed by atoms with van der Waals surface area (Å²) in [6, 6.07) is 3.61. The van der Waals surface area contributed by atoms with E-state index in [1.54, 1.807) is 20.1 Å². The van der Waals surface area contributed by atoms with Crippen LogP contribution in [-0.4, -0.2) is 13.7 Å². The molecule has 0 fully saturated rings. The number of hydrogen-bond acceptors (Lipinski definition) is 3. The van der Waals surface area contributed by atoms with Gasteiger partial charge in [-0.15, -0.1) is 11.8 Å². The van der Waals surface area contributed by atoms with E-state index < -0.39 is 0 Å². The fourth-order valence-electron chi connectivity index (χ4n) is 1.36. The van der Waals surface area contributed by atoms with Gasteiger partial charge >= 0.3 is 0 Å². The van der Waals surface area contributed by atoms with Crippen LogP contribution in [0.3, 0.4) is 0 Å². The van der Waals surface area contributed by atoms with Crippen LogP contribution in [-0.2, 0) is 6.54 Å². The molecular weight excluding hydrogens is 238 g/mol. The summed E-state index contributed by atoms with van der Waals surface area (Å²) >= 11 is 6.11. The van der Waals surface area contributed by atoms with Crippen LogP contribution in [0, 0.1) is 11.8 Å². The van der Waals surface area contributed by atoms with Gasteiger partial charge in [0.2, 0.25) is 0 Å². The maximum atomic E-state index is 6.11. The molecule has 0 bridgehead atoms. The number of rotatable bonds is 5. The van der Waals surface area contributed by atoms with E-state index in [4.69, 9.17) is 26.8 Å². The van der Waals surface area contributed by atoms with E-state index in [-0.39, 0.29) is 0 Å². The van der Waals surface area contributed by atoms with E-state index in [1.165, 1.54) is 0 Å². The third-order valence-electron chi connectivity index (χ3n) is 2.18. The summed E-state index contributed by atoms with van der Waals surface area (Å²) in [5.41, 5.74) is 6.47. The summed E-state index contributed by atoms with van der Waals surface area (Å²) in [4.78, 5) is 0. The van der Waals surface area contributed by atoms with Gasteiger partial charge in [-0.05, 0) is 24.6 Å². The number of hydrogen-bond donors (Lipinski definition) is 1. The van der Waals surface area contributed by atoms with Gasteiger partial charge in [-0.1, -0.05) is 11.6 Å². The van der Waals surface area contributed by atoms with Gasteiger partial charge in [0.25, 0.3) is 0 Å². The third-order valence-corrected chi connectivity index (χ3v) is 2.46. The molecule has 0 aliphatic carbocycles. The summed E-state index contributed by atoms with van der Waals surface area (Å²) in [6.07, 6.45) is 0.661. The van der Waals surface area contributed by atoms with Crippen molar-refractivity contribution in [2.45, 2.75) is 19.9 Å². The van der Waals surface area contributed by atoms with Crippen molar-refractivity contribution in [3.8, 4) is 23.3 Å². The van der Waals surface area contributed by atoms with Crippen molar-refractivity contribution < 1.29 is 9.47 Å². The van der Waals surface area contributed by atoms with Crippen molar-refractivity contribution in [1.82, 2.24) is 0 Å². The van der Waals surface area contributed by atoms with Crippen LogP contribution in [0.25, 0.3) is 0 Å². The number of halogens is 1. The van der Waals surface area contributed by atoms with Gasteiger partial charge in [-0.3, -0.25) is 0 Å². The van der Waals surface area contributed by atoms with E-state index in [2.05, 4.69) is 11.8 Å². The largest absolute Gasteiger partial charge is 0.493 e. The lowest BCUT2D eigenvalue weighted by atomic mass is 10.2. The van der Waals surface area contributed by atoms with Crippen LogP contribution in [0.4, 0.5) is 0 Å². The number of nitrogens with two attached hydrogens (primary N) is 1. The fourth-order valence-corrected chi connectivity index (χ4v) is 1.65. The highest BCUT2D eigenvalue weighted by Crippen LogP contribution is 2.36. The molecule has 0 heterocycles. The summed E-state index contributed by atoms with van der Waals surface area (Å²) in [5.74, 6) is 6.87. The normalized spacial score (nSPS) is 9.41. The van der Waals surface area contributed by atoms with E-state index in [1.807, 2.05) is 6.07 Å². The number of benzene rings is 1. The van der Waals surface area contributed by atoms with Gasteiger partial charge in [-0.2, -0.15) is 0 Å². The molecule has 0 aliphatic heterocycles. The summed E-state index contributed by atoms with van der Waals surface area (Å²) < 4.78 is 10.8. The minimum absolute atomic E-state index is 0.414. The molecule has 2 N–H and O–H groups in total. The predicted octanol–water partition coefficient (Wildman–Crippen LogP) is 2.60. The van der Waals surface area contributed by atoms with Crippen LogP contribution < -0.4 is 15.2 Å². The van der Waals surface area contributed by atoms with Gasteiger partial charge in [0.1, 0.15) is 0 Å². The van der Waals surface area contributed by atoms with Gasteiger partial charge in [-0.25, -0.2) is 0 Å². The first-order valence-electron chi connectivity index (χ1n) is 5.31. The molecule has 1 aromatic rings. The van der Waals surface area contributed by atoms with E-state index in [0.717, 1.165) is 5.56 Å². The van der Waals surface area contributed by atoms with E-state index in [0.29, 0.717) is 36.1 Å². The molecule has 0 unspecified atom stereocenters. The minimum Gasteiger partial charge on any atom is -0.493 e. The second-order valence-corrected chi connectivity index (χ2v) is 3.75. The molecule has 1 aromatic carbocycles. The lowest BCUT2D eigenvalue weighted by molar-refractivity contribution is 0.301. The van der Waals surface area contributed by atoms with Crippen molar-refractivity contribution in [2.24, 2.45) is 5.73 Å². The van der Waals surface area contributed by atoms with Crippen molar-refractivity contribution >= 4 is 11.6 Å². The third kappa shape index (κ3) is 3.85. The van der Waals surface area contributed by atoms with E-state index >= 15 is 0 Å². The highest BCUT2D eigenvalue weighted by atomic mass is 35.5. The molecule has 0 atom stereocenters.